The largest absolute Gasteiger partial charge is 0.423 e. The van der Waals surface area contributed by atoms with Crippen molar-refractivity contribution in [2.75, 3.05) is 0 Å². The highest BCUT2D eigenvalue weighted by atomic mass is 16.5. The van der Waals surface area contributed by atoms with Gasteiger partial charge in [-0.2, -0.15) is 0 Å². The first-order chi connectivity index (χ1) is 17.0. The average molecular weight is 458 g/mol. The third kappa shape index (κ3) is 4.99. The van der Waals surface area contributed by atoms with Crippen LogP contribution in [0.15, 0.2) is 97.1 Å². The Morgan fingerprint density at radius 2 is 1.43 bits per heavy atom. The van der Waals surface area contributed by atoms with E-state index in [0.717, 1.165) is 39.7 Å². The van der Waals surface area contributed by atoms with E-state index in [1.165, 1.54) is 16.7 Å². The van der Waals surface area contributed by atoms with E-state index in [0.29, 0.717) is 11.3 Å². The van der Waals surface area contributed by atoms with Crippen molar-refractivity contribution in [1.82, 2.24) is 4.98 Å². The predicted molar refractivity (Wildman–Crippen MR) is 142 cm³/mol. The summed E-state index contributed by atoms with van der Waals surface area (Å²) >= 11 is 0. The molecule has 172 valence electrons. The van der Waals surface area contributed by atoms with Gasteiger partial charge in [-0.25, -0.2) is 9.78 Å². The highest BCUT2D eigenvalue weighted by Gasteiger charge is 2.18. The van der Waals surface area contributed by atoms with E-state index in [4.69, 9.17) is 9.72 Å². The second-order valence-electron chi connectivity index (χ2n) is 9.09. The van der Waals surface area contributed by atoms with Crippen molar-refractivity contribution >= 4 is 16.9 Å². The monoisotopic (exact) mass is 457 g/mol. The molecule has 0 bridgehead atoms. The third-order valence-electron chi connectivity index (χ3n) is 6.20. The Hall–Kier alpha value is -4.24. The summed E-state index contributed by atoms with van der Waals surface area (Å²) in [5.41, 5.74) is 8.77. The van der Waals surface area contributed by atoms with Gasteiger partial charge in [0.2, 0.25) is 0 Å². The molecular weight excluding hydrogens is 430 g/mol. The highest BCUT2D eigenvalue weighted by Crippen LogP contribution is 2.29. The third-order valence-corrected chi connectivity index (χ3v) is 6.20. The zero-order valence-corrected chi connectivity index (χ0v) is 20.2. The summed E-state index contributed by atoms with van der Waals surface area (Å²) < 4.78 is 5.84. The zero-order valence-electron chi connectivity index (χ0n) is 20.2. The van der Waals surface area contributed by atoms with Crippen LogP contribution in [0, 0.1) is 20.8 Å². The number of benzene rings is 4. The topological polar surface area (TPSA) is 39.2 Å². The normalized spacial score (nSPS) is 10.9. The molecule has 0 unspecified atom stereocenters. The fourth-order valence-electron chi connectivity index (χ4n) is 4.39. The fraction of sp³-hybridized carbons (Fsp3) is 0.125. The molecule has 3 nitrogen and oxygen atoms in total. The van der Waals surface area contributed by atoms with Gasteiger partial charge < -0.3 is 4.74 Å². The lowest BCUT2D eigenvalue weighted by molar-refractivity contribution is 0.0737. The SMILES string of the molecule is Cc1ccc(-c2cc(C(=O)Oc3ccc(Cc4ccccc4)cc3)c3cc(C)cc(C)c3n2)cc1. The molecule has 4 aromatic carbocycles. The van der Waals surface area contributed by atoms with E-state index in [-0.39, 0.29) is 5.97 Å². The number of carbonyl (C=O) groups excluding carboxylic acids is 1. The molecule has 0 atom stereocenters. The standard InChI is InChI=1S/C32H27NO2/c1-21-9-13-26(14-10-21)30-20-29(28-18-22(2)17-23(3)31(28)33-30)32(34)35-27-15-11-25(12-16-27)19-24-7-5-4-6-8-24/h4-18,20H,19H2,1-3H3. The van der Waals surface area contributed by atoms with E-state index < -0.39 is 0 Å². The number of ether oxygens (including phenoxy) is 1. The van der Waals surface area contributed by atoms with Crippen LogP contribution in [-0.4, -0.2) is 11.0 Å². The molecule has 0 aliphatic rings. The molecule has 0 saturated carbocycles. The first-order valence-electron chi connectivity index (χ1n) is 11.8. The second-order valence-corrected chi connectivity index (χ2v) is 9.09. The second kappa shape index (κ2) is 9.55. The van der Waals surface area contributed by atoms with Crippen LogP contribution >= 0.6 is 0 Å². The molecule has 0 amide bonds. The Balaban J connectivity index is 1.48. The van der Waals surface area contributed by atoms with Gasteiger partial charge >= 0.3 is 5.97 Å². The lowest BCUT2D eigenvalue weighted by Gasteiger charge is -2.13. The number of nitrogens with zero attached hydrogens (tertiary/aromatic N) is 1. The molecule has 0 aliphatic heterocycles. The van der Waals surface area contributed by atoms with Crippen LogP contribution in [0.25, 0.3) is 22.2 Å². The lowest BCUT2D eigenvalue weighted by Crippen LogP contribution is -2.10. The highest BCUT2D eigenvalue weighted by molar-refractivity contribution is 6.06. The van der Waals surface area contributed by atoms with Gasteiger partial charge in [-0.1, -0.05) is 83.9 Å². The van der Waals surface area contributed by atoms with E-state index in [2.05, 4.69) is 37.3 Å². The molecule has 0 radical (unpaired) electrons. The smallest absolute Gasteiger partial charge is 0.344 e. The average Bonchev–Trinajstić information content (AvgIpc) is 2.86. The number of rotatable bonds is 5. The maximum absolute atomic E-state index is 13.4. The van der Waals surface area contributed by atoms with E-state index >= 15 is 0 Å². The summed E-state index contributed by atoms with van der Waals surface area (Å²) in [5.74, 6) is 0.143. The summed E-state index contributed by atoms with van der Waals surface area (Å²) in [6.07, 6.45) is 0.836. The molecule has 0 saturated heterocycles. The Bertz CT molecular complexity index is 1500. The molecule has 0 N–H and O–H groups in total. The van der Waals surface area contributed by atoms with Gasteiger partial charge in [0, 0.05) is 10.9 Å². The Morgan fingerprint density at radius 3 is 2.14 bits per heavy atom. The van der Waals surface area contributed by atoms with Gasteiger partial charge in [-0.3, -0.25) is 0 Å². The van der Waals surface area contributed by atoms with Crippen LogP contribution < -0.4 is 4.74 Å². The van der Waals surface area contributed by atoms with Crippen LogP contribution in [0.1, 0.15) is 38.2 Å². The summed E-state index contributed by atoms with van der Waals surface area (Å²) in [6, 6.07) is 32.2. The van der Waals surface area contributed by atoms with Crippen LogP contribution in [0.5, 0.6) is 5.75 Å². The Labute approximate surface area is 206 Å². The quantitative estimate of drug-likeness (QED) is 0.201. The number of esters is 1. The first kappa shape index (κ1) is 22.5. The number of fused-ring (bicyclic) bond motifs is 1. The van der Waals surface area contributed by atoms with Gasteiger partial charge in [0.15, 0.2) is 0 Å². The first-order valence-corrected chi connectivity index (χ1v) is 11.8. The molecule has 0 aliphatic carbocycles. The van der Waals surface area contributed by atoms with Gasteiger partial charge in [0.25, 0.3) is 0 Å². The van der Waals surface area contributed by atoms with Gasteiger partial charge in [-0.05, 0) is 68.1 Å². The molecule has 0 fully saturated rings. The van der Waals surface area contributed by atoms with Crippen LogP contribution in [-0.2, 0) is 6.42 Å². The molecular formula is C32H27NO2. The lowest BCUT2D eigenvalue weighted by atomic mass is 9.99. The number of hydrogen-bond donors (Lipinski definition) is 0. The van der Waals surface area contributed by atoms with E-state index in [9.17, 15) is 4.79 Å². The summed E-state index contributed by atoms with van der Waals surface area (Å²) in [5, 5.41) is 0.809. The molecule has 3 heteroatoms. The molecule has 1 heterocycles. The van der Waals surface area contributed by atoms with Crippen LogP contribution in [0.4, 0.5) is 0 Å². The van der Waals surface area contributed by atoms with Gasteiger partial charge in [0.1, 0.15) is 5.75 Å². The molecule has 1 aromatic heterocycles. The van der Waals surface area contributed by atoms with Crippen molar-refractivity contribution in [1.29, 1.82) is 0 Å². The maximum atomic E-state index is 13.4. The molecule has 5 rings (SSSR count). The number of hydrogen-bond acceptors (Lipinski definition) is 3. The Kier molecular flexibility index (Phi) is 6.15. The predicted octanol–water partition coefficient (Wildman–Crippen LogP) is 7.64. The maximum Gasteiger partial charge on any atom is 0.344 e. The summed E-state index contributed by atoms with van der Waals surface area (Å²) in [7, 11) is 0. The molecule has 35 heavy (non-hydrogen) atoms. The van der Waals surface area contributed by atoms with E-state index in [1.54, 1.807) is 0 Å². The van der Waals surface area contributed by atoms with Gasteiger partial charge in [-0.15, -0.1) is 0 Å². The van der Waals surface area contributed by atoms with Crippen molar-refractivity contribution in [2.24, 2.45) is 0 Å². The summed E-state index contributed by atoms with van der Waals surface area (Å²) in [6.45, 7) is 6.11. The van der Waals surface area contributed by atoms with Crippen molar-refractivity contribution in [2.45, 2.75) is 27.2 Å². The number of carbonyl (C=O) groups is 1. The van der Waals surface area contributed by atoms with E-state index in [1.807, 2.05) is 80.6 Å². The van der Waals surface area contributed by atoms with Crippen molar-refractivity contribution in [3.8, 4) is 17.0 Å². The zero-order chi connectivity index (χ0) is 24.4. The van der Waals surface area contributed by atoms with Crippen molar-refractivity contribution < 1.29 is 9.53 Å². The van der Waals surface area contributed by atoms with Crippen molar-refractivity contribution in [3.63, 3.8) is 0 Å². The number of pyridine rings is 1. The van der Waals surface area contributed by atoms with Crippen LogP contribution in [0.3, 0.4) is 0 Å². The van der Waals surface area contributed by atoms with Crippen LogP contribution in [0.2, 0.25) is 0 Å². The number of aromatic nitrogens is 1. The minimum atomic E-state index is -0.383. The molecule has 0 spiro atoms. The molecule has 5 aromatic rings. The minimum Gasteiger partial charge on any atom is -0.423 e. The number of aryl methyl sites for hydroxylation is 3. The Morgan fingerprint density at radius 1 is 0.743 bits per heavy atom. The fourth-order valence-corrected chi connectivity index (χ4v) is 4.39. The summed E-state index contributed by atoms with van der Waals surface area (Å²) in [4.78, 5) is 18.3. The minimum absolute atomic E-state index is 0.383. The van der Waals surface area contributed by atoms with Crippen molar-refractivity contribution in [3.05, 3.63) is 130 Å². The van der Waals surface area contributed by atoms with Gasteiger partial charge in [0.05, 0.1) is 16.8 Å².